The van der Waals surface area contributed by atoms with E-state index in [4.69, 9.17) is 16.7 Å². The van der Waals surface area contributed by atoms with Crippen molar-refractivity contribution in [2.45, 2.75) is 19.2 Å². The first-order valence-electron chi connectivity index (χ1n) is 3.36. The Bertz CT molecular complexity index is 168. The predicted octanol–water partition coefficient (Wildman–Crippen LogP) is 0.636. The van der Waals surface area contributed by atoms with Gasteiger partial charge >= 0.3 is 0 Å². The number of rotatable bonds is 4. The van der Waals surface area contributed by atoms with Crippen molar-refractivity contribution >= 4 is 23.1 Å². The van der Waals surface area contributed by atoms with Gasteiger partial charge < -0.3 is 5.11 Å². The minimum absolute atomic E-state index is 0.0150. The van der Waals surface area contributed by atoms with E-state index in [0.29, 0.717) is 12.3 Å². The van der Waals surface area contributed by atoms with E-state index >= 15 is 0 Å². The Labute approximate surface area is 71.1 Å². The van der Waals surface area contributed by atoms with Crippen LogP contribution in [0.4, 0.5) is 0 Å². The van der Waals surface area contributed by atoms with Crippen LogP contribution in [0.15, 0.2) is 4.99 Å². The van der Waals surface area contributed by atoms with Crippen molar-refractivity contribution < 1.29 is 9.90 Å². The summed E-state index contributed by atoms with van der Waals surface area (Å²) < 4.78 is 0. The normalized spacial score (nSPS) is 14.7. The molecule has 0 bridgehead atoms. The molecule has 64 valence electrons. The third kappa shape index (κ3) is 4.11. The highest BCUT2D eigenvalue weighted by molar-refractivity contribution is 6.42. The van der Waals surface area contributed by atoms with Gasteiger partial charge in [-0.25, -0.2) is 0 Å². The molecule has 0 saturated heterocycles. The lowest BCUT2D eigenvalue weighted by Crippen LogP contribution is -2.20. The summed E-state index contributed by atoms with van der Waals surface area (Å²) in [5.74, 6) is -0.120. The molecule has 1 atom stereocenters. The molecule has 0 saturated carbocycles. The second kappa shape index (κ2) is 5.27. The molecule has 0 aliphatic carbocycles. The van der Waals surface area contributed by atoms with Crippen molar-refractivity contribution in [1.82, 2.24) is 0 Å². The van der Waals surface area contributed by atoms with Crippen LogP contribution in [0.25, 0.3) is 0 Å². The molecule has 0 heterocycles. The fourth-order valence-electron chi connectivity index (χ4n) is 0.601. The van der Waals surface area contributed by atoms with Crippen molar-refractivity contribution in [3.05, 3.63) is 0 Å². The van der Waals surface area contributed by atoms with Crippen molar-refractivity contribution in [2.24, 2.45) is 4.99 Å². The Hall–Kier alpha value is -0.410. The van der Waals surface area contributed by atoms with Gasteiger partial charge in [0.1, 0.15) is 5.38 Å². The highest BCUT2D eigenvalue weighted by Gasteiger charge is 2.12. The first kappa shape index (κ1) is 10.6. The number of halogens is 1. The SMILES string of the molecule is CC(=O)C(Cl)C(C)=NCCO. The standard InChI is InChI=1S/C7H12ClNO2/c1-5(9-3-4-10)7(8)6(2)11/h7,10H,3-4H2,1-2H3. The third-order valence-electron chi connectivity index (χ3n) is 1.18. The molecule has 0 aromatic carbocycles. The van der Waals surface area contributed by atoms with Gasteiger partial charge in [-0.05, 0) is 13.8 Å². The van der Waals surface area contributed by atoms with E-state index in [1.165, 1.54) is 6.92 Å². The smallest absolute Gasteiger partial charge is 0.153 e. The molecule has 0 amide bonds. The molecule has 0 radical (unpaired) electrons. The third-order valence-corrected chi connectivity index (χ3v) is 1.81. The summed E-state index contributed by atoms with van der Waals surface area (Å²) in [6, 6.07) is 0. The van der Waals surface area contributed by atoms with Gasteiger partial charge in [-0.15, -0.1) is 11.6 Å². The summed E-state index contributed by atoms with van der Waals surface area (Å²) >= 11 is 5.64. The number of alkyl halides is 1. The van der Waals surface area contributed by atoms with Gasteiger partial charge in [0.05, 0.1) is 13.2 Å². The van der Waals surface area contributed by atoms with Gasteiger partial charge in [0.15, 0.2) is 5.78 Å². The highest BCUT2D eigenvalue weighted by Crippen LogP contribution is 2.00. The summed E-state index contributed by atoms with van der Waals surface area (Å²) in [7, 11) is 0. The van der Waals surface area contributed by atoms with Crippen LogP contribution in [0, 0.1) is 0 Å². The van der Waals surface area contributed by atoms with Crippen molar-refractivity contribution in [1.29, 1.82) is 0 Å². The van der Waals surface area contributed by atoms with E-state index in [-0.39, 0.29) is 12.4 Å². The van der Waals surface area contributed by atoms with Crippen LogP contribution < -0.4 is 0 Å². The van der Waals surface area contributed by atoms with E-state index < -0.39 is 5.38 Å². The Kier molecular flexibility index (Phi) is 5.07. The minimum atomic E-state index is -0.637. The summed E-state index contributed by atoms with van der Waals surface area (Å²) in [4.78, 5) is 14.6. The second-order valence-electron chi connectivity index (χ2n) is 2.22. The van der Waals surface area contributed by atoms with Crippen LogP contribution in [0.1, 0.15) is 13.8 Å². The van der Waals surface area contributed by atoms with Crippen molar-refractivity contribution in [3.63, 3.8) is 0 Å². The number of carbonyl (C=O) groups is 1. The van der Waals surface area contributed by atoms with Gasteiger partial charge in [0.25, 0.3) is 0 Å². The van der Waals surface area contributed by atoms with Gasteiger partial charge in [0.2, 0.25) is 0 Å². The average Bonchev–Trinajstić information content (AvgIpc) is 1.98. The first-order chi connectivity index (χ1) is 5.09. The van der Waals surface area contributed by atoms with Crippen molar-refractivity contribution in [3.8, 4) is 0 Å². The molecule has 0 aliphatic rings. The lowest BCUT2D eigenvalue weighted by atomic mass is 10.2. The first-order valence-corrected chi connectivity index (χ1v) is 3.79. The Morgan fingerprint density at radius 2 is 2.18 bits per heavy atom. The molecule has 0 aromatic rings. The average molecular weight is 178 g/mol. The van der Waals surface area contributed by atoms with Gasteiger partial charge in [0, 0.05) is 5.71 Å². The molecule has 1 N–H and O–H groups in total. The lowest BCUT2D eigenvalue weighted by Gasteiger charge is -2.03. The molecule has 0 fully saturated rings. The van der Waals surface area contributed by atoms with Crippen LogP contribution in [0.3, 0.4) is 0 Å². The molecule has 3 nitrogen and oxygen atoms in total. The van der Waals surface area contributed by atoms with E-state index in [9.17, 15) is 4.79 Å². The summed E-state index contributed by atoms with van der Waals surface area (Å²) in [6.45, 7) is 3.38. The van der Waals surface area contributed by atoms with Gasteiger partial charge in [-0.1, -0.05) is 0 Å². The van der Waals surface area contributed by atoms with Gasteiger partial charge in [-0.2, -0.15) is 0 Å². The molecular weight excluding hydrogens is 166 g/mol. The quantitative estimate of drug-likeness (QED) is 0.506. The molecule has 0 rings (SSSR count). The summed E-state index contributed by atoms with van der Waals surface area (Å²) in [5, 5.41) is 7.76. The van der Waals surface area contributed by atoms with Gasteiger partial charge in [-0.3, -0.25) is 9.79 Å². The molecular formula is C7H12ClNO2. The number of nitrogens with zero attached hydrogens (tertiary/aromatic N) is 1. The van der Waals surface area contributed by atoms with Crippen molar-refractivity contribution in [2.75, 3.05) is 13.2 Å². The Morgan fingerprint density at radius 3 is 2.55 bits per heavy atom. The number of ketones is 1. The number of carbonyl (C=O) groups excluding carboxylic acids is 1. The number of Topliss-reactive ketones (excluding diaryl/α,β-unsaturated/α-hetero) is 1. The van der Waals surface area contributed by atoms with E-state index in [1.807, 2.05) is 0 Å². The number of aliphatic hydroxyl groups excluding tert-OH is 1. The molecule has 0 spiro atoms. The molecule has 4 heteroatoms. The van der Waals surface area contributed by atoms with Crippen LogP contribution in [-0.2, 0) is 4.79 Å². The number of hydrogen-bond acceptors (Lipinski definition) is 3. The van der Waals surface area contributed by atoms with Crippen LogP contribution >= 0.6 is 11.6 Å². The highest BCUT2D eigenvalue weighted by atomic mass is 35.5. The minimum Gasteiger partial charge on any atom is -0.394 e. The number of hydrogen-bond donors (Lipinski definition) is 1. The number of aliphatic hydroxyl groups is 1. The maximum atomic E-state index is 10.7. The fraction of sp³-hybridized carbons (Fsp3) is 0.714. The maximum absolute atomic E-state index is 10.7. The van der Waals surface area contributed by atoms with E-state index in [0.717, 1.165) is 0 Å². The lowest BCUT2D eigenvalue weighted by molar-refractivity contribution is -0.115. The molecule has 0 aromatic heterocycles. The zero-order valence-electron chi connectivity index (χ0n) is 6.67. The van der Waals surface area contributed by atoms with Crippen LogP contribution in [-0.4, -0.2) is 35.1 Å². The zero-order valence-corrected chi connectivity index (χ0v) is 7.43. The summed E-state index contributed by atoms with van der Waals surface area (Å²) in [5.41, 5.74) is 0.563. The van der Waals surface area contributed by atoms with E-state index in [2.05, 4.69) is 4.99 Å². The molecule has 1 unspecified atom stereocenters. The van der Waals surface area contributed by atoms with Crippen LogP contribution in [0.2, 0.25) is 0 Å². The second-order valence-corrected chi connectivity index (χ2v) is 2.66. The largest absolute Gasteiger partial charge is 0.394 e. The zero-order chi connectivity index (χ0) is 8.85. The molecule has 0 aliphatic heterocycles. The topological polar surface area (TPSA) is 49.7 Å². The maximum Gasteiger partial charge on any atom is 0.153 e. The Morgan fingerprint density at radius 1 is 1.64 bits per heavy atom. The predicted molar refractivity (Wildman–Crippen MR) is 45.4 cm³/mol. The fourth-order valence-corrected chi connectivity index (χ4v) is 0.670. The van der Waals surface area contributed by atoms with E-state index in [1.54, 1.807) is 6.92 Å². The van der Waals surface area contributed by atoms with Crippen LogP contribution in [0.5, 0.6) is 0 Å². The molecule has 11 heavy (non-hydrogen) atoms. The monoisotopic (exact) mass is 177 g/mol. The Balaban J connectivity index is 4.00. The summed E-state index contributed by atoms with van der Waals surface area (Å²) in [6.07, 6.45) is 0. The number of aliphatic imine (C=N–C) groups is 1.